The van der Waals surface area contributed by atoms with Crippen LogP contribution in [0.25, 0.3) is 0 Å². The van der Waals surface area contributed by atoms with Gasteiger partial charge in [0, 0.05) is 13.2 Å². The minimum atomic E-state index is -0.192. The maximum absolute atomic E-state index is 11.8. The number of esters is 1. The van der Waals surface area contributed by atoms with Gasteiger partial charge >= 0.3 is 5.97 Å². The van der Waals surface area contributed by atoms with Gasteiger partial charge in [0.15, 0.2) is 0 Å². The number of carbonyl (C=O) groups excluding carboxylic acids is 1. The maximum atomic E-state index is 11.8. The number of aliphatic hydroxyl groups excluding tert-OH is 1. The Morgan fingerprint density at radius 1 is 1.37 bits per heavy atom. The molecule has 1 heterocycles. The van der Waals surface area contributed by atoms with Crippen molar-refractivity contribution in [2.75, 3.05) is 26.2 Å². The summed E-state index contributed by atoms with van der Waals surface area (Å²) in [6, 6.07) is 9.68. The summed E-state index contributed by atoms with van der Waals surface area (Å²) in [6.07, 6.45) is 2.09. The third-order valence-corrected chi connectivity index (χ3v) is 3.46. The van der Waals surface area contributed by atoms with Gasteiger partial charge in [0.25, 0.3) is 0 Å². The summed E-state index contributed by atoms with van der Waals surface area (Å²) in [4.78, 5) is 13.8. The zero-order chi connectivity index (χ0) is 13.5. The average molecular weight is 263 g/mol. The van der Waals surface area contributed by atoms with Gasteiger partial charge in [-0.25, -0.2) is 0 Å². The van der Waals surface area contributed by atoms with E-state index in [-0.39, 0.29) is 12.6 Å². The predicted molar refractivity (Wildman–Crippen MR) is 72.5 cm³/mol. The van der Waals surface area contributed by atoms with Crippen molar-refractivity contribution >= 4 is 5.97 Å². The second-order valence-corrected chi connectivity index (χ2v) is 5.07. The molecular weight excluding hydrogens is 242 g/mol. The number of nitrogens with zero attached hydrogens (tertiary/aromatic N) is 1. The van der Waals surface area contributed by atoms with Crippen LogP contribution in [0.15, 0.2) is 30.3 Å². The number of benzene rings is 1. The third-order valence-electron chi connectivity index (χ3n) is 3.46. The summed E-state index contributed by atoms with van der Waals surface area (Å²) in [6.45, 7) is 2.56. The Bertz CT molecular complexity index is 394. The van der Waals surface area contributed by atoms with E-state index < -0.39 is 0 Å². The van der Waals surface area contributed by atoms with Gasteiger partial charge in [-0.1, -0.05) is 30.3 Å². The number of hydrogen-bond donors (Lipinski definition) is 1. The van der Waals surface area contributed by atoms with E-state index in [0.29, 0.717) is 19.1 Å². The molecule has 0 aromatic heterocycles. The molecule has 0 bridgehead atoms. The molecule has 104 valence electrons. The van der Waals surface area contributed by atoms with Crippen molar-refractivity contribution in [3.05, 3.63) is 35.9 Å². The van der Waals surface area contributed by atoms with Crippen LogP contribution in [0.5, 0.6) is 0 Å². The van der Waals surface area contributed by atoms with Crippen LogP contribution in [-0.2, 0) is 16.1 Å². The minimum absolute atomic E-state index is 0.192. The first-order valence-electron chi connectivity index (χ1n) is 6.80. The number of aliphatic hydroxyl groups is 1. The van der Waals surface area contributed by atoms with Gasteiger partial charge < -0.3 is 9.84 Å². The van der Waals surface area contributed by atoms with E-state index in [2.05, 4.69) is 4.90 Å². The van der Waals surface area contributed by atoms with Crippen molar-refractivity contribution in [3.8, 4) is 0 Å². The van der Waals surface area contributed by atoms with Crippen molar-refractivity contribution in [2.24, 2.45) is 5.92 Å². The van der Waals surface area contributed by atoms with Crippen LogP contribution in [-0.4, -0.2) is 42.2 Å². The zero-order valence-electron chi connectivity index (χ0n) is 11.1. The van der Waals surface area contributed by atoms with Crippen LogP contribution in [0.1, 0.15) is 18.4 Å². The number of piperidine rings is 1. The molecule has 0 spiro atoms. The van der Waals surface area contributed by atoms with Crippen LogP contribution in [0.2, 0.25) is 0 Å². The topological polar surface area (TPSA) is 49.8 Å². The number of carbonyl (C=O) groups is 1. The van der Waals surface area contributed by atoms with E-state index in [1.807, 2.05) is 30.3 Å². The molecule has 1 atom stereocenters. The zero-order valence-corrected chi connectivity index (χ0v) is 11.1. The Kier molecular flexibility index (Phi) is 5.36. The lowest BCUT2D eigenvalue weighted by Gasteiger charge is -2.30. The summed E-state index contributed by atoms with van der Waals surface area (Å²) >= 11 is 0. The van der Waals surface area contributed by atoms with Crippen LogP contribution >= 0.6 is 0 Å². The fraction of sp³-hybridized carbons (Fsp3) is 0.533. The van der Waals surface area contributed by atoms with E-state index in [1.54, 1.807) is 0 Å². The first-order valence-corrected chi connectivity index (χ1v) is 6.80. The van der Waals surface area contributed by atoms with Crippen molar-refractivity contribution in [1.82, 2.24) is 4.90 Å². The average Bonchev–Trinajstić information content (AvgIpc) is 2.46. The number of ether oxygens (including phenoxy) is 1. The van der Waals surface area contributed by atoms with Crippen molar-refractivity contribution < 1.29 is 14.6 Å². The third kappa shape index (κ3) is 4.65. The Hall–Kier alpha value is -1.39. The molecule has 1 aliphatic rings. The minimum Gasteiger partial charge on any atom is -0.460 e. The Balaban J connectivity index is 1.72. The van der Waals surface area contributed by atoms with E-state index in [1.165, 1.54) is 0 Å². The number of hydrogen-bond acceptors (Lipinski definition) is 4. The number of rotatable bonds is 5. The van der Waals surface area contributed by atoms with Gasteiger partial charge in [-0.2, -0.15) is 0 Å². The second kappa shape index (κ2) is 7.26. The highest BCUT2D eigenvalue weighted by atomic mass is 16.5. The van der Waals surface area contributed by atoms with E-state index in [9.17, 15) is 4.79 Å². The summed E-state index contributed by atoms with van der Waals surface area (Å²) in [5.74, 6) is 0.109. The van der Waals surface area contributed by atoms with E-state index in [4.69, 9.17) is 9.84 Å². The highest BCUT2D eigenvalue weighted by Crippen LogP contribution is 2.15. The van der Waals surface area contributed by atoms with E-state index in [0.717, 1.165) is 31.5 Å². The number of likely N-dealkylation sites (tertiary alicyclic amines) is 1. The molecule has 0 aliphatic carbocycles. The lowest BCUT2D eigenvalue weighted by Crippen LogP contribution is -2.40. The molecule has 19 heavy (non-hydrogen) atoms. The van der Waals surface area contributed by atoms with Crippen LogP contribution in [0.4, 0.5) is 0 Å². The van der Waals surface area contributed by atoms with Gasteiger partial charge in [0.2, 0.25) is 0 Å². The molecule has 1 aliphatic heterocycles. The van der Waals surface area contributed by atoms with Crippen LogP contribution < -0.4 is 0 Å². The molecule has 1 aromatic carbocycles. The quantitative estimate of drug-likeness (QED) is 0.817. The fourth-order valence-electron chi connectivity index (χ4n) is 2.41. The van der Waals surface area contributed by atoms with Gasteiger partial charge in [0.1, 0.15) is 6.61 Å². The van der Waals surface area contributed by atoms with Crippen LogP contribution in [0.3, 0.4) is 0 Å². The van der Waals surface area contributed by atoms with Gasteiger partial charge in [-0.05, 0) is 30.9 Å². The Labute approximate surface area is 114 Å². The van der Waals surface area contributed by atoms with Crippen molar-refractivity contribution in [3.63, 3.8) is 0 Å². The molecule has 1 aromatic rings. The smallest absolute Gasteiger partial charge is 0.320 e. The standard InChI is InChI=1S/C15H21NO3/c17-11-14-7-4-8-16(9-14)10-15(18)19-12-13-5-2-1-3-6-13/h1-3,5-6,14,17H,4,7-12H2. The molecule has 4 nitrogen and oxygen atoms in total. The Morgan fingerprint density at radius 3 is 2.89 bits per heavy atom. The first kappa shape index (κ1) is 14.0. The molecule has 1 N–H and O–H groups in total. The molecule has 1 unspecified atom stereocenters. The highest BCUT2D eigenvalue weighted by Gasteiger charge is 2.21. The molecular formula is C15H21NO3. The lowest BCUT2D eigenvalue weighted by atomic mass is 9.99. The van der Waals surface area contributed by atoms with Crippen molar-refractivity contribution in [1.29, 1.82) is 0 Å². The van der Waals surface area contributed by atoms with Crippen molar-refractivity contribution in [2.45, 2.75) is 19.4 Å². The molecule has 4 heteroatoms. The molecule has 0 amide bonds. The first-order chi connectivity index (χ1) is 9.28. The normalized spacial score (nSPS) is 20.2. The van der Waals surface area contributed by atoms with Gasteiger partial charge in [-0.15, -0.1) is 0 Å². The monoisotopic (exact) mass is 263 g/mol. The highest BCUT2D eigenvalue weighted by molar-refractivity contribution is 5.71. The summed E-state index contributed by atoms with van der Waals surface area (Å²) in [7, 11) is 0. The van der Waals surface area contributed by atoms with Gasteiger partial charge in [0.05, 0.1) is 6.54 Å². The Morgan fingerprint density at radius 2 is 2.16 bits per heavy atom. The fourth-order valence-corrected chi connectivity index (χ4v) is 2.41. The summed E-state index contributed by atoms with van der Waals surface area (Å²) < 4.78 is 5.26. The molecule has 1 saturated heterocycles. The molecule has 1 fully saturated rings. The van der Waals surface area contributed by atoms with Crippen LogP contribution in [0, 0.1) is 5.92 Å². The largest absolute Gasteiger partial charge is 0.460 e. The van der Waals surface area contributed by atoms with Gasteiger partial charge in [-0.3, -0.25) is 9.69 Å². The second-order valence-electron chi connectivity index (χ2n) is 5.07. The molecule has 2 rings (SSSR count). The summed E-state index contributed by atoms with van der Waals surface area (Å²) in [5, 5.41) is 9.15. The molecule has 0 radical (unpaired) electrons. The predicted octanol–water partition coefficient (Wildman–Crippen LogP) is 1.43. The lowest BCUT2D eigenvalue weighted by molar-refractivity contribution is -0.146. The molecule has 0 saturated carbocycles. The summed E-state index contributed by atoms with van der Waals surface area (Å²) in [5.41, 5.74) is 1.00. The maximum Gasteiger partial charge on any atom is 0.320 e. The van der Waals surface area contributed by atoms with E-state index >= 15 is 0 Å². The SMILES string of the molecule is O=C(CN1CCCC(CO)C1)OCc1ccccc1.